The standard InChI is InChI=1S/C15H15ClINO2S/c1-11-2-8-14(9-3-11)21(19,20)18-10-15(17)12-4-6-13(16)7-5-12/h2-9,15,18H,10H2,1H3/t15-/m0/s1. The van der Waals surface area contributed by atoms with Crippen molar-refractivity contribution in [1.29, 1.82) is 0 Å². The van der Waals surface area contributed by atoms with Gasteiger partial charge < -0.3 is 0 Å². The minimum atomic E-state index is -3.47. The lowest BCUT2D eigenvalue weighted by Gasteiger charge is -2.12. The van der Waals surface area contributed by atoms with Crippen LogP contribution in [0.5, 0.6) is 0 Å². The van der Waals surface area contributed by atoms with E-state index >= 15 is 0 Å². The summed E-state index contributed by atoms with van der Waals surface area (Å²) < 4.78 is 27.1. The van der Waals surface area contributed by atoms with E-state index in [1.807, 2.05) is 19.1 Å². The second kappa shape index (κ2) is 7.09. The average molecular weight is 436 g/mol. The van der Waals surface area contributed by atoms with E-state index in [1.165, 1.54) is 0 Å². The SMILES string of the molecule is Cc1ccc(S(=O)(=O)NC[C@H](I)c2ccc(Cl)cc2)cc1. The van der Waals surface area contributed by atoms with Crippen LogP contribution in [0.2, 0.25) is 5.02 Å². The van der Waals surface area contributed by atoms with E-state index in [9.17, 15) is 8.42 Å². The molecule has 0 radical (unpaired) electrons. The van der Waals surface area contributed by atoms with E-state index in [0.29, 0.717) is 11.6 Å². The van der Waals surface area contributed by atoms with Crippen molar-refractivity contribution in [3.05, 3.63) is 64.7 Å². The van der Waals surface area contributed by atoms with Crippen molar-refractivity contribution in [2.75, 3.05) is 6.54 Å². The summed E-state index contributed by atoms with van der Waals surface area (Å²) >= 11 is 8.06. The Labute approximate surface area is 143 Å². The van der Waals surface area contributed by atoms with Gasteiger partial charge in [-0.2, -0.15) is 0 Å². The predicted octanol–water partition coefficient (Wildman–Crippen LogP) is 4.10. The number of rotatable bonds is 5. The first-order valence-corrected chi connectivity index (χ1v) is 9.45. The average Bonchev–Trinajstić information content (AvgIpc) is 2.46. The van der Waals surface area contributed by atoms with Gasteiger partial charge in [0.1, 0.15) is 0 Å². The van der Waals surface area contributed by atoms with Gasteiger partial charge in [-0.15, -0.1) is 0 Å². The molecule has 0 amide bonds. The van der Waals surface area contributed by atoms with Crippen molar-refractivity contribution in [2.24, 2.45) is 0 Å². The molecule has 112 valence electrons. The Hall–Kier alpha value is -0.630. The zero-order valence-corrected chi connectivity index (χ0v) is 15.1. The maximum absolute atomic E-state index is 12.2. The predicted molar refractivity (Wildman–Crippen MR) is 94.6 cm³/mol. The maximum Gasteiger partial charge on any atom is 0.240 e. The van der Waals surface area contributed by atoms with E-state index in [2.05, 4.69) is 27.3 Å². The third-order valence-corrected chi connectivity index (χ3v) is 5.87. The monoisotopic (exact) mass is 435 g/mol. The van der Waals surface area contributed by atoms with Gasteiger partial charge in [0.15, 0.2) is 0 Å². The summed E-state index contributed by atoms with van der Waals surface area (Å²) in [5.74, 6) is 0. The molecule has 1 atom stereocenters. The van der Waals surface area contributed by atoms with E-state index in [4.69, 9.17) is 11.6 Å². The molecule has 0 spiro atoms. The largest absolute Gasteiger partial charge is 0.240 e. The summed E-state index contributed by atoms with van der Waals surface area (Å²) in [6, 6.07) is 14.2. The topological polar surface area (TPSA) is 46.2 Å². The summed E-state index contributed by atoms with van der Waals surface area (Å²) in [6.07, 6.45) is 0. The number of sulfonamides is 1. The van der Waals surface area contributed by atoms with Crippen molar-refractivity contribution < 1.29 is 8.42 Å². The molecule has 0 unspecified atom stereocenters. The molecule has 6 heteroatoms. The van der Waals surface area contributed by atoms with Crippen LogP contribution in [0.25, 0.3) is 0 Å². The summed E-state index contributed by atoms with van der Waals surface area (Å²) in [5.41, 5.74) is 2.06. The Morgan fingerprint density at radius 3 is 2.24 bits per heavy atom. The van der Waals surface area contributed by atoms with Crippen LogP contribution in [0.3, 0.4) is 0 Å². The Morgan fingerprint density at radius 1 is 1.10 bits per heavy atom. The summed E-state index contributed by atoms with van der Waals surface area (Å²) in [4.78, 5) is 0.285. The lowest BCUT2D eigenvalue weighted by molar-refractivity contribution is 0.582. The maximum atomic E-state index is 12.2. The molecule has 2 aromatic carbocycles. The molecular weight excluding hydrogens is 421 g/mol. The van der Waals surface area contributed by atoms with Gasteiger partial charge in [0.25, 0.3) is 0 Å². The number of aryl methyl sites for hydroxylation is 1. The van der Waals surface area contributed by atoms with Gasteiger partial charge in [0, 0.05) is 15.5 Å². The molecular formula is C15H15ClINO2S. The second-order valence-corrected chi connectivity index (χ2v) is 8.39. The van der Waals surface area contributed by atoms with Crippen LogP contribution >= 0.6 is 34.2 Å². The van der Waals surface area contributed by atoms with Gasteiger partial charge in [-0.3, -0.25) is 0 Å². The van der Waals surface area contributed by atoms with Gasteiger partial charge in [0.2, 0.25) is 10.0 Å². The Kier molecular flexibility index (Phi) is 5.65. The highest BCUT2D eigenvalue weighted by Gasteiger charge is 2.16. The highest BCUT2D eigenvalue weighted by atomic mass is 127. The van der Waals surface area contributed by atoms with Gasteiger partial charge in [-0.1, -0.05) is 64.0 Å². The summed E-state index contributed by atoms with van der Waals surface area (Å²) in [6.45, 7) is 2.25. The van der Waals surface area contributed by atoms with Gasteiger partial charge in [-0.05, 0) is 36.8 Å². The first-order chi connectivity index (χ1) is 9.88. The van der Waals surface area contributed by atoms with Crippen molar-refractivity contribution in [2.45, 2.75) is 15.7 Å². The molecule has 0 aliphatic carbocycles. The Morgan fingerprint density at radius 2 is 1.67 bits per heavy atom. The molecule has 0 aromatic heterocycles. The highest BCUT2D eigenvalue weighted by Crippen LogP contribution is 2.24. The number of hydrogen-bond acceptors (Lipinski definition) is 2. The van der Waals surface area contributed by atoms with Crippen molar-refractivity contribution >= 4 is 44.2 Å². The van der Waals surface area contributed by atoms with Crippen LogP contribution < -0.4 is 4.72 Å². The molecule has 2 rings (SSSR count). The van der Waals surface area contributed by atoms with E-state index in [-0.39, 0.29) is 8.82 Å². The normalized spacial score (nSPS) is 13.1. The molecule has 0 saturated carbocycles. The smallest absolute Gasteiger partial charge is 0.210 e. The van der Waals surface area contributed by atoms with Gasteiger partial charge >= 0.3 is 0 Å². The number of halogens is 2. The second-order valence-electron chi connectivity index (χ2n) is 4.68. The molecule has 2 aromatic rings. The third-order valence-electron chi connectivity index (χ3n) is 3.02. The molecule has 3 nitrogen and oxygen atoms in total. The van der Waals surface area contributed by atoms with Crippen LogP contribution in [-0.4, -0.2) is 15.0 Å². The first kappa shape index (κ1) is 16.7. The molecule has 0 aliphatic heterocycles. The first-order valence-electron chi connectivity index (χ1n) is 6.34. The molecule has 0 fully saturated rings. The summed E-state index contributed by atoms with van der Waals surface area (Å²) in [5, 5.41) is 0.669. The lowest BCUT2D eigenvalue weighted by Crippen LogP contribution is -2.26. The van der Waals surface area contributed by atoms with Gasteiger partial charge in [-0.25, -0.2) is 13.1 Å². The number of hydrogen-bond donors (Lipinski definition) is 1. The van der Waals surface area contributed by atoms with Crippen LogP contribution in [0.15, 0.2) is 53.4 Å². The number of alkyl halides is 1. The van der Waals surface area contributed by atoms with E-state index < -0.39 is 10.0 Å². The van der Waals surface area contributed by atoms with E-state index in [0.717, 1.165) is 11.1 Å². The zero-order valence-electron chi connectivity index (χ0n) is 11.4. The van der Waals surface area contributed by atoms with Crippen molar-refractivity contribution in [3.8, 4) is 0 Å². The highest BCUT2D eigenvalue weighted by molar-refractivity contribution is 14.1. The fourth-order valence-electron chi connectivity index (χ4n) is 1.77. The van der Waals surface area contributed by atoms with Crippen LogP contribution in [0.1, 0.15) is 15.1 Å². The lowest BCUT2D eigenvalue weighted by atomic mass is 10.2. The van der Waals surface area contributed by atoms with Crippen LogP contribution in [0.4, 0.5) is 0 Å². The quantitative estimate of drug-likeness (QED) is 0.568. The minimum Gasteiger partial charge on any atom is -0.210 e. The van der Waals surface area contributed by atoms with Crippen LogP contribution in [0, 0.1) is 6.92 Å². The molecule has 0 heterocycles. The molecule has 1 N–H and O–H groups in total. The van der Waals surface area contributed by atoms with E-state index in [1.54, 1.807) is 36.4 Å². The summed E-state index contributed by atoms with van der Waals surface area (Å²) in [7, 11) is -3.47. The zero-order chi connectivity index (χ0) is 15.5. The molecule has 0 bridgehead atoms. The molecule has 0 saturated heterocycles. The molecule has 0 aliphatic rings. The number of benzene rings is 2. The van der Waals surface area contributed by atoms with Crippen molar-refractivity contribution in [3.63, 3.8) is 0 Å². The number of nitrogens with one attached hydrogen (secondary N) is 1. The third kappa shape index (κ3) is 4.67. The minimum absolute atomic E-state index is 0.0418. The van der Waals surface area contributed by atoms with Crippen LogP contribution in [-0.2, 0) is 10.0 Å². The van der Waals surface area contributed by atoms with Crippen molar-refractivity contribution in [1.82, 2.24) is 4.72 Å². The van der Waals surface area contributed by atoms with Gasteiger partial charge in [0.05, 0.1) is 4.90 Å². The fourth-order valence-corrected chi connectivity index (χ4v) is 3.88. The fraction of sp³-hybridized carbons (Fsp3) is 0.200. The Balaban J connectivity index is 2.04. The Bertz CT molecular complexity index is 699. The molecule has 21 heavy (non-hydrogen) atoms.